The molecular formula is C21H25N3O2S. The Kier molecular flexibility index (Phi) is 4.56. The number of imidazole rings is 1. The van der Waals surface area contributed by atoms with Gasteiger partial charge in [0.1, 0.15) is 5.82 Å². The molecule has 27 heavy (non-hydrogen) atoms. The monoisotopic (exact) mass is 383 g/mol. The van der Waals surface area contributed by atoms with Gasteiger partial charge in [0, 0.05) is 19.0 Å². The summed E-state index contributed by atoms with van der Waals surface area (Å²) >= 11 is 0. The molecule has 0 radical (unpaired) electrons. The van der Waals surface area contributed by atoms with Gasteiger partial charge in [-0.25, -0.2) is 13.4 Å². The lowest BCUT2D eigenvalue weighted by molar-refractivity contribution is 0.314. The topological polar surface area (TPSA) is 66.1 Å². The fraction of sp³-hybridized carbons (Fsp3) is 0.381. The molecule has 1 N–H and O–H groups in total. The van der Waals surface area contributed by atoms with Crippen molar-refractivity contribution >= 4 is 21.1 Å². The minimum absolute atomic E-state index is 0.267. The summed E-state index contributed by atoms with van der Waals surface area (Å²) in [5.41, 5.74) is 5.11. The van der Waals surface area contributed by atoms with E-state index in [0.717, 1.165) is 40.8 Å². The highest BCUT2D eigenvalue weighted by atomic mass is 32.2. The number of nitrogens with one attached hydrogen (secondary N) is 1. The predicted octanol–water partition coefficient (Wildman–Crippen LogP) is 4.06. The Bertz CT molecular complexity index is 1090. The van der Waals surface area contributed by atoms with E-state index in [4.69, 9.17) is 4.98 Å². The van der Waals surface area contributed by atoms with Crippen molar-refractivity contribution in [1.29, 1.82) is 0 Å². The quantitative estimate of drug-likeness (QED) is 0.742. The second-order valence-corrected chi connectivity index (χ2v) is 9.50. The van der Waals surface area contributed by atoms with Gasteiger partial charge in [0.05, 0.1) is 15.9 Å². The molecule has 1 fully saturated rings. The molecule has 1 aliphatic heterocycles. The van der Waals surface area contributed by atoms with Gasteiger partial charge < -0.3 is 4.98 Å². The zero-order valence-electron chi connectivity index (χ0n) is 16.0. The first-order chi connectivity index (χ1) is 12.8. The van der Waals surface area contributed by atoms with E-state index in [2.05, 4.69) is 24.0 Å². The molecule has 0 spiro atoms. The number of sulfonamides is 1. The Morgan fingerprint density at radius 2 is 1.67 bits per heavy atom. The number of benzene rings is 2. The van der Waals surface area contributed by atoms with Crippen LogP contribution in [0.15, 0.2) is 41.3 Å². The molecular weight excluding hydrogens is 358 g/mol. The number of fused-ring (bicyclic) bond motifs is 1. The molecule has 0 unspecified atom stereocenters. The van der Waals surface area contributed by atoms with E-state index in [1.165, 1.54) is 5.56 Å². The molecule has 6 heteroatoms. The molecule has 1 saturated heterocycles. The van der Waals surface area contributed by atoms with Crippen molar-refractivity contribution in [3.8, 4) is 0 Å². The minimum Gasteiger partial charge on any atom is -0.342 e. The lowest BCUT2D eigenvalue weighted by Gasteiger charge is -2.30. The first kappa shape index (κ1) is 18.2. The number of piperidine rings is 1. The van der Waals surface area contributed by atoms with Crippen molar-refractivity contribution in [3.63, 3.8) is 0 Å². The van der Waals surface area contributed by atoms with Crippen molar-refractivity contribution in [2.45, 2.75) is 44.4 Å². The van der Waals surface area contributed by atoms with Gasteiger partial charge in [-0.2, -0.15) is 4.31 Å². The first-order valence-corrected chi connectivity index (χ1v) is 10.8. The lowest BCUT2D eigenvalue weighted by Crippen LogP contribution is -2.38. The summed E-state index contributed by atoms with van der Waals surface area (Å²) in [6, 6.07) is 11.7. The minimum atomic E-state index is -3.44. The highest BCUT2D eigenvalue weighted by Crippen LogP contribution is 2.31. The van der Waals surface area contributed by atoms with E-state index in [0.29, 0.717) is 18.0 Å². The van der Waals surface area contributed by atoms with Crippen LogP contribution in [-0.4, -0.2) is 35.8 Å². The van der Waals surface area contributed by atoms with Crippen molar-refractivity contribution in [3.05, 3.63) is 58.9 Å². The van der Waals surface area contributed by atoms with Gasteiger partial charge >= 0.3 is 0 Å². The molecule has 1 aliphatic rings. The third-order valence-corrected chi connectivity index (χ3v) is 7.50. The van der Waals surface area contributed by atoms with Crippen molar-refractivity contribution in [2.24, 2.45) is 0 Å². The third-order valence-electron chi connectivity index (χ3n) is 5.44. The molecule has 0 atom stereocenters. The number of aromatic amines is 1. The number of aromatic nitrogens is 2. The van der Waals surface area contributed by atoms with Gasteiger partial charge in [-0.05, 0) is 62.9 Å². The molecule has 2 heterocycles. The zero-order valence-corrected chi connectivity index (χ0v) is 16.8. The maximum atomic E-state index is 13.0. The molecule has 0 bridgehead atoms. The maximum absolute atomic E-state index is 13.0. The summed E-state index contributed by atoms with van der Waals surface area (Å²) in [5.74, 6) is 1.24. The van der Waals surface area contributed by atoms with E-state index in [-0.39, 0.29) is 5.92 Å². The second kappa shape index (κ2) is 6.77. The smallest absolute Gasteiger partial charge is 0.243 e. The number of hydrogen-bond acceptors (Lipinski definition) is 3. The van der Waals surface area contributed by atoms with Crippen LogP contribution in [0.1, 0.15) is 41.3 Å². The number of rotatable bonds is 3. The summed E-state index contributed by atoms with van der Waals surface area (Å²) in [6.07, 6.45) is 1.56. The fourth-order valence-electron chi connectivity index (χ4n) is 3.93. The summed E-state index contributed by atoms with van der Waals surface area (Å²) < 4.78 is 27.7. The normalized spacial score (nSPS) is 16.9. The summed E-state index contributed by atoms with van der Waals surface area (Å²) in [6.45, 7) is 6.95. The Hall–Kier alpha value is -2.18. The van der Waals surface area contributed by atoms with Crippen LogP contribution in [0.25, 0.3) is 11.0 Å². The highest BCUT2D eigenvalue weighted by Gasteiger charge is 2.31. The van der Waals surface area contributed by atoms with Crippen LogP contribution < -0.4 is 0 Å². The van der Waals surface area contributed by atoms with E-state index < -0.39 is 10.0 Å². The molecule has 142 valence electrons. The Morgan fingerprint density at radius 1 is 1.00 bits per heavy atom. The average molecular weight is 384 g/mol. The van der Waals surface area contributed by atoms with Crippen molar-refractivity contribution < 1.29 is 8.42 Å². The molecule has 4 rings (SSSR count). The predicted molar refractivity (Wildman–Crippen MR) is 107 cm³/mol. The van der Waals surface area contributed by atoms with Gasteiger partial charge in [-0.1, -0.05) is 23.8 Å². The van der Waals surface area contributed by atoms with E-state index >= 15 is 0 Å². The average Bonchev–Trinajstić information content (AvgIpc) is 3.04. The highest BCUT2D eigenvalue weighted by molar-refractivity contribution is 7.89. The van der Waals surface area contributed by atoms with E-state index in [1.807, 2.05) is 32.0 Å². The number of hydrogen-bond donors (Lipinski definition) is 1. The zero-order chi connectivity index (χ0) is 19.2. The molecule has 1 aromatic heterocycles. The summed E-state index contributed by atoms with van der Waals surface area (Å²) in [5, 5.41) is 0. The van der Waals surface area contributed by atoms with Crippen molar-refractivity contribution in [1.82, 2.24) is 14.3 Å². The van der Waals surface area contributed by atoms with Crippen LogP contribution >= 0.6 is 0 Å². The van der Waals surface area contributed by atoms with Gasteiger partial charge in [0.2, 0.25) is 10.0 Å². The molecule has 0 aliphatic carbocycles. The van der Waals surface area contributed by atoms with Crippen LogP contribution in [0.5, 0.6) is 0 Å². The van der Waals surface area contributed by atoms with Crippen LogP contribution in [0.4, 0.5) is 0 Å². The molecule has 3 aromatic rings. The molecule has 0 saturated carbocycles. The largest absolute Gasteiger partial charge is 0.342 e. The Labute approximate surface area is 160 Å². The lowest BCUT2D eigenvalue weighted by atomic mass is 9.97. The summed E-state index contributed by atoms with van der Waals surface area (Å²) in [4.78, 5) is 8.57. The van der Waals surface area contributed by atoms with Crippen LogP contribution in [0.3, 0.4) is 0 Å². The van der Waals surface area contributed by atoms with E-state index in [1.54, 1.807) is 10.4 Å². The second-order valence-electron chi connectivity index (χ2n) is 7.59. The number of aryl methyl sites for hydroxylation is 3. The number of nitrogens with zero attached hydrogens (tertiary/aromatic N) is 2. The Morgan fingerprint density at radius 3 is 2.37 bits per heavy atom. The third kappa shape index (κ3) is 3.39. The number of H-pyrrole nitrogens is 1. The van der Waals surface area contributed by atoms with Gasteiger partial charge in [-0.15, -0.1) is 0 Å². The first-order valence-electron chi connectivity index (χ1n) is 9.38. The summed E-state index contributed by atoms with van der Waals surface area (Å²) in [7, 11) is -3.44. The Balaban J connectivity index is 1.52. The van der Waals surface area contributed by atoms with Crippen LogP contribution in [0, 0.1) is 20.8 Å². The van der Waals surface area contributed by atoms with E-state index in [9.17, 15) is 8.42 Å². The molecule has 2 aromatic carbocycles. The van der Waals surface area contributed by atoms with Crippen LogP contribution in [-0.2, 0) is 10.0 Å². The van der Waals surface area contributed by atoms with Crippen LogP contribution in [0.2, 0.25) is 0 Å². The molecule has 0 amide bonds. The SMILES string of the molecule is Cc1ccc(S(=O)(=O)N2CCC(c3nc4ccc(C)cc4[nH]3)CC2)c(C)c1. The van der Waals surface area contributed by atoms with Gasteiger partial charge in [0.25, 0.3) is 0 Å². The maximum Gasteiger partial charge on any atom is 0.243 e. The molecule has 5 nitrogen and oxygen atoms in total. The fourth-order valence-corrected chi connectivity index (χ4v) is 5.61. The van der Waals surface area contributed by atoms with Crippen molar-refractivity contribution in [2.75, 3.05) is 13.1 Å². The van der Waals surface area contributed by atoms with Gasteiger partial charge in [0.15, 0.2) is 0 Å². The van der Waals surface area contributed by atoms with Gasteiger partial charge in [-0.3, -0.25) is 0 Å². The standard InChI is InChI=1S/C21H25N3O2S/c1-14-5-7-20(16(3)12-14)27(25,26)24-10-8-17(9-11-24)21-22-18-6-4-15(2)13-19(18)23-21/h4-7,12-13,17H,8-11H2,1-3H3,(H,22,23).